The molecule has 0 aliphatic heterocycles. The molecular weight excluding hydrogens is 264 g/mol. The summed E-state index contributed by atoms with van der Waals surface area (Å²) in [6.45, 7) is 0. The number of rotatable bonds is 1. The summed E-state index contributed by atoms with van der Waals surface area (Å²) >= 11 is 0. The molecule has 0 bridgehead atoms. The first-order valence-corrected chi connectivity index (χ1v) is 8.58. The second-order valence-electron chi connectivity index (χ2n) is 6.85. The summed E-state index contributed by atoms with van der Waals surface area (Å²) in [5, 5.41) is 8.56. The molecule has 0 heteroatoms. The third kappa shape index (κ3) is 1.70. The van der Waals surface area contributed by atoms with Crippen LogP contribution in [0.15, 0.2) is 54.6 Å². The van der Waals surface area contributed by atoms with E-state index in [1.165, 1.54) is 64.4 Å². The Morgan fingerprint density at radius 3 is 2.00 bits per heavy atom. The van der Waals surface area contributed by atoms with Crippen molar-refractivity contribution in [1.29, 1.82) is 0 Å². The molecule has 4 aromatic carbocycles. The smallest absolute Gasteiger partial charge is 0.00239 e. The van der Waals surface area contributed by atoms with Crippen molar-refractivity contribution < 1.29 is 0 Å². The minimum atomic E-state index is 0.762. The lowest BCUT2D eigenvalue weighted by molar-refractivity contribution is 0.445. The minimum Gasteiger partial charge on any atom is -0.0610 e. The van der Waals surface area contributed by atoms with Gasteiger partial charge < -0.3 is 0 Å². The van der Waals surface area contributed by atoms with E-state index < -0.39 is 0 Å². The zero-order chi connectivity index (χ0) is 14.5. The van der Waals surface area contributed by atoms with Crippen molar-refractivity contribution in [3.05, 3.63) is 60.2 Å². The van der Waals surface area contributed by atoms with Crippen LogP contribution in [0.25, 0.3) is 32.3 Å². The van der Waals surface area contributed by atoms with Crippen LogP contribution in [0.4, 0.5) is 0 Å². The molecule has 1 aliphatic carbocycles. The van der Waals surface area contributed by atoms with Crippen LogP contribution in [0.3, 0.4) is 0 Å². The summed E-state index contributed by atoms with van der Waals surface area (Å²) in [6, 6.07) is 20.6. The van der Waals surface area contributed by atoms with E-state index in [4.69, 9.17) is 0 Å². The molecule has 0 spiro atoms. The Labute approximate surface area is 131 Å². The lowest BCUT2D eigenvalue weighted by atomic mass is 9.80. The average molecular weight is 284 g/mol. The summed E-state index contributed by atoms with van der Waals surface area (Å²) in [5.74, 6) is 0.762. The molecule has 0 radical (unpaired) electrons. The maximum Gasteiger partial charge on any atom is -0.00239 e. The number of hydrogen-bond donors (Lipinski definition) is 0. The first-order chi connectivity index (χ1) is 10.9. The van der Waals surface area contributed by atoms with Crippen LogP contribution >= 0.6 is 0 Å². The molecule has 22 heavy (non-hydrogen) atoms. The molecule has 0 aromatic heterocycles. The Kier molecular flexibility index (Phi) is 2.67. The molecule has 108 valence electrons. The molecule has 4 aromatic rings. The third-order valence-corrected chi connectivity index (χ3v) is 5.61. The average Bonchev–Trinajstić information content (AvgIpc) is 2.60. The molecule has 1 saturated carbocycles. The van der Waals surface area contributed by atoms with E-state index in [9.17, 15) is 0 Å². The highest BCUT2D eigenvalue weighted by molar-refractivity contribution is 6.23. The molecule has 0 atom stereocenters. The van der Waals surface area contributed by atoms with Gasteiger partial charge in [0.15, 0.2) is 0 Å². The Bertz CT molecular complexity index is 942. The van der Waals surface area contributed by atoms with Crippen LogP contribution in [0, 0.1) is 0 Å². The van der Waals surface area contributed by atoms with Crippen molar-refractivity contribution in [2.75, 3.05) is 0 Å². The highest BCUT2D eigenvalue weighted by atomic mass is 14.2. The van der Waals surface area contributed by atoms with Crippen molar-refractivity contribution in [3.63, 3.8) is 0 Å². The van der Waals surface area contributed by atoms with Gasteiger partial charge >= 0.3 is 0 Å². The van der Waals surface area contributed by atoms with Gasteiger partial charge in [-0.05, 0) is 56.6 Å². The zero-order valence-corrected chi connectivity index (χ0v) is 12.8. The van der Waals surface area contributed by atoms with E-state index in [-0.39, 0.29) is 0 Å². The highest BCUT2D eigenvalue weighted by Crippen LogP contribution is 2.41. The van der Waals surface area contributed by atoms with Gasteiger partial charge in [0.1, 0.15) is 0 Å². The van der Waals surface area contributed by atoms with Gasteiger partial charge in [-0.2, -0.15) is 0 Å². The van der Waals surface area contributed by atoms with E-state index in [2.05, 4.69) is 54.6 Å². The predicted octanol–water partition coefficient (Wildman–Crippen LogP) is 6.63. The van der Waals surface area contributed by atoms with E-state index in [0.717, 1.165) is 5.92 Å². The summed E-state index contributed by atoms with van der Waals surface area (Å²) in [4.78, 5) is 0. The van der Waals surface area contributed by atoms with Crippen molar-refractivity contribution >= 4 is 32.3 Å². The molecule has 1 aliphatic rings. The standard InChI is InChI=1S/C22H20/c1-2-5-15(6-3-1)19-13-11-18-10-9-16-7-4-8-17-12-14-20(19)22(18)21(16)17/h4,7-15H,1-3,5-6H2. The van der Waals surface area contributed by atoms with Crippen molar-refractivity contribution in [1.82, 2.24) is 0 Å². The van der Waals surface area contributed by atoms with E-state index in [1.54, 1.807) is 5.56 Å². The van der Waals surface area contributed by atoms with Crippen LogP contribution in [-0.2, 0) is 0 Å². The lowest BCUT2D eigenvalue weighted by Crippen LogP contribution is -2.05. The van der Waals surface area contributed by atoms with Gasteiger partial charge in [0.25, 0.3) is 0 Å². The molecule has 0 amide bonds. The molecule has 0 saturated heterocycles. The van der Waals surface area contributed by atoms with Gasteiger partial charge in [0, 0.05) is 0 Å². The van der Waals surface area contributed by atoms with E-state index in [1.807, 2.05) is 0 Å². The van der Waals surface area contributed by atoms with E-state index in [0.29, 0.717) is 0 Å². The fourth-order valence-electron chi connectivity index (χ4n) is 4.53. The van der Waals surface area contributed by atoms with Gasteiger partial charge in [-0.1, -0.05) is 73.9 Å². The second kappa shape index (κ2) is 4.71. The first kappa shape index (κ1) is 12.5. The fraction of sp³-hybridized carbons (Fsp3) is 0.273. The maximum absolute atomic E-state index is 2.40. The lowest BCUT2D eigenvalue weighted by Gasteiger charge is -2.24. The van der Waals surface area contributed by atoms with Crippen molar-refractivity contribution in [2.24, 2.45) is 0 Å². The Hall–Kier alpha value is -2.08. The third-order valence-electron chi connectivity index (χ3n) is 5.61. The van der Waals surface area contributed by atoms with Gasteiger partial charge in [-0.15, -0.1) is 0 Å². The van der Waals surface area contributed by atoms with Crippen molar-refractivity contribution in [3.8, 4) is 0 Å². The minimum absolute atomic E-state index is 0.762. The SMILES string of the molecule is c1cc2ccc3ccc(C4CCCCC4)c4ccc(c1)c2c34. The topological polar surface area (TPSA) is 0 Å². The second-order valence-corrected chi connectivity index (χ2v) is 6.85. The summed E-state index contributed by atoms with van der Waals surface area (Å²) in [7, 11) is 0. The Morgan fingerprint density at radius 1 is 0.591 bits per heavy atom. The predicted molar refractivity (Wildman–Crippen MR) is 96.0 cm³/mol. The normalized spacial score (nSPS) is 16.9. The fourth-order valence-corrected chi connectivity index (χ4v) is 4.53. The van der Waals surface area contributed by atoms with Gasteiger partial charge in [0.05, 0.1) is 0 Å². The number of hydrogen-bond acceptors (Lipinski definition) is 0. The van der Waals surface area contributed by atoms with Gasteiger partial charge in [-0.25, -0.2) is 0 Å². The number of benzene rings is 4. The van der Waals surface area contributed by atoms with Crippen LogP contribution in [0.1, 0.15) is 43.6 Å². The van der Waals surface area contributed by atoms with Crippen LogP contribution < -0.4 is 0 Å². The molecule has 0 unspecified atom stereocenters. The first-order valence-electron chi connectivity index (χ1n) is 8.58. The van der Waals surface area contributed by atoms with Crippen LogP contribution in [0.2, 0.25) is 0 Å². The summed E-state index contributed by atoms with van der Waals surface area (Å²) in [6.07, 6.45) is 6.94. The highest BCUT2D eigenvalue weighted by Gasteiger charge is 2.19. The molecule has 0 heterocycles. The molecular formula is C22H20. The van der Waals surface area contributed by atoms with Crippen LogP contribution in [0.5, 0.6) is 0 Å². The molecule has 5 rings (SSSR count). The van der Waals surface area contributed by atoms with Crippen molar-refractivity contribution in [2.45, 2.75) is 38.0 Å². The maximum atomic E-state index is 2.40. The largest absolute Gasteiger partial charge is 0.0610 e. The van der Waals surface area contributed by atoms with Gasteiger partial charge in [-0.3, -0.25) is 0 Å². The Morgan fingerprint density at radius 2 is 1.23 bits per heavy atom. The molecule has 1 fully saturated rings. The molecule has 0 N–H and O–H groups in total. The van der Waals surface area contributed by atoms with E-state index >= 15 is 0 Å². The zero-order valence-electron chi connectivity index (χ0n) is 12.8. The summed E-state index contributed by atoms with van der Waals surface area (Å²) in [5.41, 5.74) is 1.59. The quantitative estimate of drug-likeness (QED) is 0.344. The monoisotopic (exact) mass is 284 g/mol. The summed E-state index contributed by atoms with van der Waals surface area (Å²) < 4.78 is 0. The van der Waals surface area contributed by atoms with Crippen LogP contribution in [-0.4, -0.2) is 0 Å². The Balaban J connectivity index is 1.89. The molecule has 0 nitrogen and oxygen atoms in total. The van der Waals surface area contributed by atoms with Gasteiger partial charge in [0.2, 0.25) is 0 Å².